The van der Waals surface area contributed by atoms with Crippen LogP contribution in [-0.4, -0.2) is 83.2 Å². The van der Waals surface area contributed by atoms with E-state index in [1.807, 2.05) is 67.6 Å². The molecule has 4 heterocycles. The molecule has 10 heteroatoms. The van der Waals surface area contributed by atoms with E-state index in [2.05, 4.69) is 0 Å². The maximum atomic E-state index is 14.5. The fourth-order valence-electron chi connectivity index (χ4n) is 6.75. The number of carbonyl (C=O) groups excluding carboxylic acids is 3. The summed E-state index contributed by atoms with van der Waals surface area (Å²) in [4.78, 5) is 48.1. The van der Waals surface area contributed by atoms with Gasteiger partial charge in [-0.2, -0.15) is 0 Å². The molecular weight excluding hydrogens is 554 g/mol. The van der Waals surface area contributed by atoms with Gasteiger partial charge in [0, 0.05) is 29.7 Å². The minimum atomic E-state index is -0.962. The lowest BCUT2D eigenvalue weighted by Gasteiger charge is -2.37. The maximum absolute atomic E-state index is 14.5. The SMILES string of the molecule is CCOc1ccc(N2CC=C[C@H]3S[C@]45C=CCN(c6ccc(OC)cc6)C(=O)C4N([C@H](C)CO)C(=O)[C@@H]5[C@H]3C2=O)cc1. The third-order valence-corrected chi connectivity index (χ3v) is 10.4. The minimum absolute atomic E-state index is 0.147. The number of anilines is 2. The van der Waals surface area contributed by atoms with Crippen molar-refractivity contribution in [2.24, 2.45) is 11.8 Å². The Morgan fingerprint density at radius 1 is 0.929 bits per heavy atom. The number of methoxy groups -OCH3 is 1. The molecule has 42 heavy (non-hydrogen) atoms. The molecule has 3 amide bonds. The summed E-state index contributed by atoms with van der Waals surface area (Å²) < 4.78 is 9.91. The molecule has 2 saturated heterocycles. The van der Waals surface area contributed by atoms with Crippen molar-refractivity contribution < 1.29 is 29.0 Å². The fourth-order valence-corrected chi connectivity index (χ4v) is 8.75. The standard InChI is InChI=1S/C32H35N3O6S/c1-4-41-24-14-10-21(11-15-24)33-17-5-7-25-26(29(33)37)27-30(38)35(20(2)19-36)28-31(39)34(18-6-16-32(27,28)42-25)22-8-12-23(40-3)13-9-22/h5-16,20,25-28,36H,4,17-19H2,1-3H3/t20-,25-,26+,27+,28?,32+/m1/s1. The first-order valence-electron chi connectivity index (χ1n) is 14.3. The third-order valence-electron chi connectivity index (χ3n) is 8.68. The first-order valence-corrected chi connectivity index (χ1v) is 15.2. The van der Waals surface area contributed by atoms with Crippen molar-refractivity contribution in [3.05, 3.63) is 72.8 Å². The lowest BCUT2D eigenvalue weighted by Crippen LogP contribution is -2.56. The number of likely N-dealkylation sites (tertiary alicyclic amines) is 1. The maximum Gasteiger partial charge on any atom is 0.251 e. The van der Waals surface area contributed by atoms with Crippen LogP contribution in [0, 0.1) is 11.8 Å². The largest absolute Gasteiger partial charge is 0.497 e. The van der Waals surface area contributed by atoms with E-state index in [1.165, 1.54) is 16.7 Å². The predicted molar refractivity (Wildman–Crippen MR) is 162 cm³/mol. The van der Waals surface area contributed by atoms with Gasteiger partial charge in [0.05, 0.1) is 42.9 Å². The molecule has 0 aliphatic carbocycles. The van der Waals surface area contributed by atoms with Crippen LogP contribution in [0.1, 0.15) is 13.8 Å². The molecule has 6 rings (SSSR count). The van der Waals surface area contributed by atoms with E-state index in [4.69, 9.17) is 9.47 Å². The highest BCUT2D eigenvalue weighted by Crippen LogP contribution is 2.61. The molecule has 2 aromatic carbocycles. The van der Waals surface area contributed by atoms with Gasteiger partial charge in [0.15, 0.2) is 0 Å². The van der Waals surface area contributed by atoms with Crippen LogP contribution in [-0.2, 0) is 14.4 Å². The molecule has 0 bridgehead atoms. The number of hydrogen-bond acceptors (Lipinski definition) is 7. The van der Waals surface area contributed by atoms with Gasteiger partial charge >= 0.3 is 0 Å². The molecule has 4 aliphatic heterocycles. The van der Waals surface area contributed by atoms with E-state index in [9.17, 15) is 19.5 Å². The number of nitrogens with zero attached hydrogens (tertiary/aromatic N) is 3. The first-order chi connectivity index (χ1) is 20.3. The van der Waals surface area contributed by atoms with E-state index in [0.717, 1.165) is 11.4 Å². The highest BCUT2D eigenvalue weighted by molar-refractivity contribution is 8.02. The van der Waals surface area contributed by atoms with Crippen LogP contribution in [0.3, 0.4) is 0 Å². The summed E-state index contributed by atoms with van der Waals surface area (Å²) in [5.74, 6) is -0.686. The Balaban J connectivity index is 1.40. The average molecular weight is 590 g/mol. The molecule has 0 aromatic heterocycles. The van der Waals surface area contributed by atoms with Gasteiger partial charge in [-0.3, -0.25) is 14.4 Å². The highest BCUT2D eigenvalue weighted by Gasteiger charge is 2.71. The summed E-state index contributed by atoms with van der Waals surface area (Å²) in [7, 11) is 1.59. The van der Waals surface area contributed by atoms with Crippen molar-refractivity contribution >= 4 is 40.9 Å². The van der Waals surface area contributed by atoms with E-state index >= 15 is 0 Å². The first kappa shape index (κ1) is 28.4. The van der Waals surface area contributed by atoms with Crippen molar-refractivity contribution in [3.63, 3.8) is 0 Å². The van der Waals surface area contributed by atoms with Gasteiger partial charge in [0.2, 0.25) is 11.8 Å². The summed E-state index contributed by atoms with van der Waals surface area (Å²) in [6.07, 6.45) is 7.91. The second-order valence-electron chi connectivity index (χ2n) is 11.0. The van der Waals surface area contributed by atoms with Crippen molar-refractivity contribution in [1.82, 2.24) is 4.90 Å². The molecule has 1 N–H and O–H groups in total. The van der Waals surface area contributed by atoms with Crippen molar-refractivity contribution in [2.75, 3.05) is 43.2 Å². The lowest BCUT2D eigenvalue weighted by atomic mass is 9.78. The van der Waals surface area contributed by atoms with Crippen LogP contribution in [0.4, 0.5) is 11.4 Å². The van der Waals surface area contributed by atoms with Gasteiger partial charge in [-0.25, -0.2) is 0 Å². The van der Waals surface area contributed by atoms with Crippen molar-refractivity contribution in [3.8, 4) is 11.5 Å². The summed E-state index contributed by atoms with van der Waals surface area (Å²) in [5, 5.41) is 9.91. The second-order valence-corrected chi connectivity index (χ2v) is 12.5. The number of aliphatic hydroxyl groups excluding tert-OH is 1. The molecule has 1 unspecified atom stereocenters. The number of benzene rings is 2. The zero-order valence-electron chi connectivity index (χ0n) is 23.9. The number of amides is 3. The van der Waals surface area contributed by atoms with Crippen LogP contribution in [0.15, 0.2) is 72.8 Å². The van der Waals surface area contributed by atoms with Gasteiger partial charge in [-0.1, -0.05) is 24.3 Å². The Hall–Kier alpha value is -3.76. The van der Waals surface area contributed by atoms with E-state index in [0.29, 0.717) is 31.1 Å². The van der Waals surface area contributed by atoms with Crippen LogP contribution >= 0.6 is 11.8 Å². The molecule has 9 nitrogen and oxygen atoms in total. The van der Waals surface area contributed by atoms with Crippen molar-refractivity contribution in [1.29, 1.82) is 0 Å². The molecule has 6 atom stereocenters. The summed E-state index contributed by atoms with van der Waals surface area (Å²) in [5.41, 5.74) is 1.41. The third kappa shape index (κ3) is 4.39. The molecule has 1 spiro atoms. The Labute approximate surface area is 249 Å². The van der Waals surface area contributed by atoms with Crippen LogP contribution in [0.5, 0.6) is 11.5 Å². The summed E-state index contributed by atoms with van der Waals surface area (Å²) >= 11 is 1.52. The smallest absolute Gasteiger partial charge is 0.251 e. The monoisotopic (exact) mass is 589 g/mol. The van der Waals surface area contributed by atoms with Crippen molar-refractivity contribution in [2.45, 2.75) is 35.9 Å². The number of fused-ring (bicyclic) bond motifs is 2. The second kappa shape index (κ2) is 11.1. The van der Waals surface area contributed by atoms with E-state index in [-0.39, 0.29) is 29.6 Å². The van der Waals surface area contributed by atoms with Crippen LogP contribution in [0.2, 0.25) is 0 Å². The Morgan fingerprint density at radius 2 is 1.55 bits per heavy atom. The topological polar surface area (TPSA) is 99.6 Å². The number of carbonyl (C=O) groups is 3. The Kier molecular flexibility index (Phi) is 7.53. The van der Waals surface area contributed by atoms with Crippen LogP contribution < -0.4 is 19.3 Å². The Morgan fingerprint density at radius 3 is 2.17 bits per heavy atom. The van der Waals surface area contributed by atoms with Crippen LogP contribution in [0.25, 0.3) is 0 Å². The molecule has 220 valence electrons. The number of rotatable bonds is 7. The highest BCUT2D eigenvalue weighted by atomic mass is 32.2. The molecule has 2 aromatic rings. The summed E-state index contributed by atoms with van der Waals surface area (Å²) in [6.45, 7) is 4.62. The fraction of sp³-hybridized carbons (Fsp3) is 0.406. The van der Waals surface area contributed by atoms with Gasteiger partial charge in [-0.05, 0) is 62.4 Å². The zero-order valence-corrected chi connectivity index (χ0v) is 24.7. The molecule has 2 fully saturated rings. The zero-order chi connectivity index (χ0) is 29.6. The molecule has 0 saturated carbocycles. The van der Waals surface area contributed by atoms with E-state index in [1.54, 1.807) is 36.0 Å². The number of thioether (sulfide) groups is 1. The normalized spacial score (nSPS) is 29.1. The van der Waals surface area contributed by atoms with Gasteiger partial charge in [0.25, 0.3) is 5.91 Å². The minimum Gasteiger partial charge on any atom is -0.497 e. The van der Waals surface area contributed by atoms with Gasteiger partial charge in [-0.15, -0.1) is 11.8 Å². The van der Waals surface area contributed by atoms with Gasteiger partial charge in [0.1, 0.15) is 17.5 Å². The summed E-state index contributed by atoms with van der Waals surface area (Å²) in [6, 6.07) is 13.1. The quantitative estimate of drug-likeness (QED) is 0.495. The molecule has 4 aliphatic rings. The lowest BCUT2D eigenvalue weighted by molar-refractivity contribution is -0.141. The predicted octanol–water partition coefficient (Wildman–Crippen LogP) is 3.28. The van der Waals surface area contributed by atoms with Gasteiger partial charge < -0.3 is 29.3 Å². The number of ether oxygens (including phenoxy) is 2. The molecule has 0 radical (unpaired) electrons. The average Bonchev–Trinajstić information content (AvgIpc) is 3.33. The number of hydrogen-bond donors (Lipinski definition) is 1. The van der Waals surface area contributed by atoms with E-state index < -0.39 is 28.7 Å². The Bertz CT molecular complexity index is 1430. The molecular formula is C32H35N3O6S. The number of aliphatic hydroxyl groups is 1.